The fraction of sp³-hybridized carbons (Fsp3) is 0.500. The summed E-state index contributed by atoms with van der Waals surface area (Å²) in [6.07, 6.45) is 0. The number of methoxy groups -OCH3 is 2. The molecule has 1 aromatic carbocycles. The Bertz CT molecular complexity index is 427. The summed E-state index contributed by atoms with van der Waals surface area (Å²) in [6.45, 7) is 6.25. The third kappa shape index (κ3) is 3.39. The summed E-state index contributed by atoms with van der Waals surface area (Å²) in [5.74, 6) is 1.38. The van der Waals surface area contributed by atoms with Crippen molar-refractivity contribution in [2.75, 3.05) is 20.8 Å². The van der Waals surface area contributed by atoms with Crippen molar-refractivity contribution in [1.82, 2.24) is 5.32 Å². The topological polar surface area (TPSA) is 47.6 Å². The van der Waals surface area contributed by atoms with Gasteiger partial charge in [0, 0.05) is 18.9 Å². The number of rotatable bonds is 5. The van der Waals surface area contributed by atoms with Crippen molar-refractivity contribution in [2.24, 2.45) is 0 Å². The molecule has 0 aliphatic carbocycles. The average Bonchev–Trinajstić information content (AvgIpc) is 2.35. The van der Waals surface area contributed by atoms with E-state index < -0.39 is 0 Å². The number of amides is 1. The molecule has 0 saturated carbocycles. The molecule has 0 atom stereocenters. The molecule has 0 saturated heterocycles. The maximum absolute atomic E-state index is 11.0. The minimum atomic E-state index is -0.161. The molecule has 0 aliphatic rings. The lowest BCUT2D eigenvalue weighted by atomic mass is 9.84. The lowest BCUT2D eigenvalue weighted by Gasteiger charge is -2.26. The van der Waals surface area contributed by atoms with Crippen molar-refractivity contribution in [3.63, 3.8) is 0 Å². The molecule has 0 aliphatic heterocycles. The molecule has 1 N–H and O–H groups in total. The van der Waals surface area contributed by atoms with Gasteiger partial charge in [-0.25, -0.2) is 0 Å². The predicted octanol–water partition coefficient (Wildman–Crippen LogP) is 2.12. The first kappa shape index (κ1) is 14.4. The highest BCUT2D eigenvalue weighted by molar-refractivity contribution is 5.73. The third-order valence-electron chi connectivity index (χ3n) is 2.94. The summed E-state index contributed by atoms with van der Waals surface area (Å²) in [7, 11) is 3.22. The summed E-state index contributed by atoms with van der Waals surface area (Å²) >= 11 is 0. The summed E-state index contributed by atoms with van der Waals surface area (Å²) < 4.78 is 10.5. The molecular formula is C14H21NO3. The molecule has 4 nitrogen and oxygen atoms in total. The molecule has 0 bridgehead atoms. The van der Waals surface area contributed by atoms with E-state index in [2.05, 4.69) is 19.2 Å². The fourth-order valence-corrected chi connectivity index (χ4v) is 1.70. The van der Waals surface area contributed by atoms with Crippen LogP contribution >= 0.6 is 0 Å². The van der Waals surface area contributed by atoms with Crippen LogP contribution in [-0.2, 0) is 10.2 Å². The Balaban J connectivity index is 2.97. The molecule has 0 unspecified atom stereocenters. The van der Waals surface area contributed by atoms with Gasteiger partial charge >= 0.3 is 0 Å². The number of benzene rings is 1. The molecule has 100 valence electrons. The monoisotopic (exact) mass is 251 g/mol. The van der Waals surface area contributed by atoms with Gasteiger partial charge in [0.15, 0.2) is 11.5 Å². The Morgan fingerprint density at radius 3 is 2.33 bits per heavy atom. The molecule has 0 heterocycles. The largest absolute Gasteiger partial charge is 0.493 e. The van der Waals surface area contributed by atoms with E-state index in [1.165, 1.54) is 6.92 Å². The zero-order valence-electron chi connectivity index (χ0n) is 11.7. The maximum atomic E-state index is 11.0. The van der Waals surface area contributed by atoms with E-state index in [0.717, 1.165) is 5.56 Å². The van der Waals surface area contributed by atoms with Crippen molar-refractivity contribution in [1.29, 1.82) is 0 Å². The first-order chi connectivity index (χ1) is 8.40. The van der Waals surface area contributed by atoms with Gasteiger partial charge in [0.1, 0.15) is 0 Å². The van der Waals surface area contributed by atoms with Crippen molar-refractivity contribution in [2.45, 2.75) is 26.2 Å². The zero-order chi connectivity index (χ0) is 13.8. The van der Waals surface area contributed by atoms with Gasteiger partial charge in [-0.3, -0.25) is 4.79 Å². The van der Waals surface area contributed by atoms with Crippen LogP contribution in [0.3, 0.4) is 0 Å². The van der Waals surface area contributed by atoms with Crippen LogP contribution in [0.4, 0.5) is 0 Å². The van der Waals surface area contributed by atoms with Gasteiger partial charge in [-0.2, -0.15) is 0 Å². The number of hydrogen-bond donors (Lipinski definition) is 1. The maximum Gasteiger partial charge on any atom is 0.216 e. The number of ether oxygens (including phenoxy) is 2. The Hall–Kier alpha value is -1.71. The molecule has 18 heavy (non-hydrogen) atoms. The minimum absolute atomic E-state index is 0.0245. The van der Waals surface area contributed by atoms with Crippen LogP contribution in [0.25, 0.3) is 0 Å². The highest BCUT2D eigenvalue weighted by Crippen LogP contribution is 2.32. The second-order valence-corrected chi connectivity index (χ2v) is 4.86. The second kappa shape index (κ2) is 5.76. The van der Waals surface area contributed by atoms with Gasteiger partial charge in [-0.15, -0.1) is 0 Å². The lowest BCUT2D eigenvalue weighted by Crippen LogP contribution is -2.35. The molecule has 0 spiro atoms. The molecular weight excluding hydrogens is 230 g/mol. The quantitative estimate of drug-likeness (QED) is 0.872. The van der Waals surface area contributed by atoms with Crippen LogP contribution in [0.15, 0.2) is 18.2 Å². The molecule has 1 aromatic rings. The lowest BCUT2D eigenvalue weighted by molar-refractivity contribution is -0.119. The normalized spacial score (nSPS) is 10.9. The van der Waals surface area contributed by atoms with E-state index in [4.69, 9.17) is 9.47 Å². The van der Waals surface area contributed by atoms with Crippen LogP contribution in [0, 0.1) is 0 Å². The Labute approximate surface area is 108 Å². The molecule has 1 amide bonds. The van der Waals surface area contributed by atoms with E-state index in [0.29, 0.717) is 18.0 Å². The average molecular weight is 251 g/mol. The minimum Gasteiger partial charge on any atom is -0.493 e. The van der Waals surface area contributed by atoms with E-state index in [9.17, 15) is 4.79 Å². The van der Waals surface area contributed by atoms with Crippen molar-refractivity contribution < 1.29 is 14.3 Å². The Morgan fingerprint density at radius 2 is 1.83 bits per heavy atom. The SMILES string of the molecule is COc1ccc(C(C)(C)CNC(C)=O)cc1OC. The van der Waals surface area contributed by atoms with Gasteiger partial charge in [0.25, 0.3) is 0 Å². The van der Waals surface area contributed by atoms with Crippen LogP contribution in [-0.4, -0.2) is 26.7 Å². The van der Waals surface area contributed by atoms with Crippen molar-refractivity contribution >= 4 is 5.91 Å². The van der Waals surface area contributed by atoms with E-state index in [-0.39, 0.29) is 11.3 Å². The van der Waals surface area contributed by atoms with E-state index in [1.54, 1.807) is 14.2 Å². The second-order valence-electron chi connectivity index (χ2n) is 4.86. The Morgan fingerprint density at radius 1 is 1.22 bits per heavy atom. The standard InChI is InChI=1S/C14H21NO3/c1-10(16)15-9-14(2,3)11-6-7-12(17-4)13(8-11)18-5/h6-8H,9H2,1-5H3,(H,15,16). The van der Waals surface area contributed by atoms with Crippen LogP contribution in [0.2, 0.25) is 0 Å². The predicted molar refractivity (Wildman–Crippen MR) is 71.3 cm³/mol. The molecule has 4 heteroatoms. The zero-order valence-corrected chi connectivity index (χ0v) is 11.7. The van der Waals surface area contributed by atoms with Gasteiger partial charge in [-0.1, -0.05) is 19.9 Å². The number of carbonyl (C=O) groups excluding carboxylic acids is 1. The third-order valence-corrected chi connectivity index (χ3v) is 2.94. The highest BCUT2D eigenvalue weighted by atomic mass is 16.5. The van der Waals surface area contributed by atoms with Crippen molar-refractivity contribution in [3.05, 3.63) is 23.8 Å². The molecule has 1 rings (SSSR count). The molecule has 0 fully saturated rings. The Kier molecular flexibility index (Phi) is 4.59. The summed E-state index contributed by atoms with van der Waals surface area (Å²) in [5, 5.41) is 2.84. The molecule has 0 aromatic heterocycles. The first-order valence-corrected chi connectivity index (χ1v) is 5.87. The van der Waals surface area contributed by atoms with Gasteiger partial charge in [0.2, 0.25) is 5.91 Å². The smallest absolute Gasteiger partial charge is 0.216 e. The first-order valence-electron chi connectivity index (χ1n) is 5.87. The van der Waals surface area contributed by atoms with Gasteiger partial charge in [-0.05, 0) is 17.7 Å². The van der Waals surface area contributed by atoms with Gasteiger partial charge < -0.3 is 14.8 Å². The number of hydrogen-bond acceptors (Lipinski definition) is 3. The van der Waals surface area contributed by atoms with Crippen LogP contribution in [0.5, 0.6) is 11.5 Å². The highest BCUT2D eigenvalue weighted by Gasteiger charge is 2.22. The van der Waals surface area contributed by atoms with E-state index >= 15 is 0 Å². The molecule has 0 radical (unpaired) electrons. The summed E-state index contributed by atoms with van der Waals surface area (Å²) in [6, 6.07) is 5.81. The van der Waals surface area contributed by atoms with E-state index in [1.807, 2.05) is 18.2 Å². The number of nitrogens with one attached hydrogen (secondary N) is 1. The fourth-order valence-electron chi connectivity index (χ4n) is 1.70. The van der Waals surface area contributed by atoms with Crippen LogP contribution in [0.1, 0.15) is 26.3 Å². The van der Waals surface area contributed by atoms with Crippen LogP contribution < -0.4 is 14.8 Å². The summed E-state index contributed by atoms with van der Waals surface area (Å²) in [5.41, 5.74) is 0.930. The van der Waals surface area contributed by atoms with Gasteiger partial charge in [0.05, 0.1) is 14.2 Å². The van der Waals surface area contributed by atoms with Crippen molar-refractivity contribution in [3.8, 4) is 11.5 Å². The summed E-state index contributed by atoms with van der Waals surface area (Å²) in [4.78, 5) is 11.0. The number of carbonyl (C=O) groups is 1.